The van der Waals surface area contributed by atoms with Crippen LogP contribution in [0.15, 0.2) is 42.5 Å². The van der Waals surface area contributed by atoms with Gasteiger partial charge in [0, 0.05) is 13.2 Å². The molecule has 1 rings (SSSR count). The standard InChI is InChI=1S/C17H26O2/c1-3-14-18-17(19-15-4-2)13-9-8-12-16-10-6-5-7-11-16/h5-7,9-11,13,17H,3-4,8,12,14-15H2,1-2H3/b13-9+. The fourth-order valence-electron chi connectivity index (χ4n) is 1.73. The number of allylic oxidation sites excluding steroid dienone is 1. The van der Waals surface area contributed by atoms with E-state index in [9.17, 15) is 0 Å². The lowest BCUT2D eigenvalue weighted by Gasteiger charge is -2.14. The SMILES string of the molecule is CCCOC(/C=C/CCc1ccccc1)OCCC. The molecule has 106 valence electrons. The zero-order valence-electron chi connectivity index (χ0n) is 12.2. The summed E-state index contributed by atoms with van der Waals surface area (Å²) in [6, 6.07) is 10.5. The summed E-state index contributed by atoms with van der Waals surface area (Å²) in [6.07, 6.45) is 8.12. The average molecular weight is 262 g/mol. The molecule has 0 aliphatic carbocycles. The van der Waals surface area contributed by atoms with Gasteiger partial charge >= 0.3 is 0 Å². The maximum Gasteiger partial charge on any atom is 0.176 e. The first-order chi connectivity index (χ1) is 9.36. The van der Waals surface area contributed by atoms with E-state index in [-0.39, 0.29) is 6.29 Å². The van der Waals surface area contributed by atoms with E-state index in [1.165, 1.54) is 5.56 Å². The molecule has 1 aromatic rings. The molecule has 0 saturated carbocycles. The van der Waals surface area contributed by atoms with Crippen molar-refractivity contribution >= 4 is 0 Å². The number of aryl methyl sites for hydroxylation is 1. The minimum atomic E-state index is -0.185. The van der Waals surface area contributed by atoms with Gasteiger partial charge in [0.2, 0.25) is 0 Å². The van der Waals surface area contributed by atoms with Gasteiger partial charge in [0.1, 0.15) is 0 Å². The third-order valence-electron chi connectivity index (χ3n) is 2.71. The van der Waals surface area contributed by atoms with Gasteiger partial charge in [-0.3, -0.25) is 0 Å². The fraction of sp³-hybridized carbons (Fsp3) is 0.529. The minimum Gasteiger partial charge on any atom is -0.349 e. The number of ether oxygens (including phenoxy) is 2. The summed E-state index contributed by atoms with van der Waals surface area (Å²) in [5.41, 5.74) is 1.37. The molecule has 0 amide bonds. The van der Waals surface area contributed by atoms with E-state index in [1.54, 1.807) is 0 Å². The van der Waals surface area contributed by atoms with Gasteiger partial charge in [0.15, 0.2) is 6.29 Å². The molecule has 0 aliphatic rings. The van der Waals surface area contributed by atoms with Gasteiger partial charge in [-0.05, 0) is 37.3 Å². The Balaban J connectivity index is 2.29. The van der Waals surface area contributed by atoms with E-state index in [2.05, 4.69) is 44.2 Å². The Labute approximate surface area is 117 Å². The highest BCUT2D eigenvalue weighted by Gasteiger charge is 2.03. The van der Waals surface area contributed by atoms with E-state index >= 15 is 0 Å². The van der Waals surface area contributed by atoms with E-state index in [4.69, 9.17) is 9.47 Å². The van der Waals surface area contributed by atoms with Crippen LogP contribution in [0.2, 0.25) is 0 Å². The summed E-state index contributed by atoms with van der Waals surface area (Å²) in [6.45, 7) is 5.71. The van der Waals surface area contributed by atoms with Gasteiger partial charge in [-0.2, -0.15) is 0 Å². The normalized spacial score (nSPS) is 11.5. The molecule has 0 aliphatic heterocycles. The molecule has 0 aromatic heterocycles. The van der Waals surface area contributed by atoms with E-state index in [1.807, 2.05) is 12.1 Å². The van der Waals surface area contributed by atoms with Crippen molar-refractivity contribution in [3.63, 3.8) is 0 Å². The van der Waals surface area contributed by atoms with Gasteiger partial charge in [0.05, 0.1) is 0 Å². The average Bonchev–Trinajstić information content (AvgIpc) is 2.46. The van der Waals surface area contributed by atoms with Crippen molar-refractivity contribution < 1.29 is 9.47 Å². The van der Waals surface area contributed by atoms with Crippen LogP contribution in [-0.4, -0.2) is 19.5 Å². The lowest BCUT2D eigenvalue weighted by molar-refractivity contribution is -0.111. The summed E-state index contributed by atoms with van der Waals surface area (Å²) < 4.78 is 11.3. The first-order valence-electron chi connectivity index (χ1n) is 7.30. The van der Waals surface area contributed by atoms with Crippen LogP contribution in [0.1, 0.15) is 38.7 Å². The van der Waals surface area contributed by atoms with Crippen LogP contribution in [0.3, 0.4) is 0 Å². The largest absolute Gasteiger partial charge is 0.349 e. The van der Waals surface area contributed by atoms with Crippen LogP contribution >= 0.6 is 0 Å². The van der Waals surface area contributed by atoms with Crippen LogP contribution in [-0.2, 0) is 15.9 Å². The molecular formula is C17H26O2. The highest BCUT2D eigenvalue weighted by atomic mass is 16.7. The van der Waals surface area contributed by atoms with E-state index in [0.717, 1.165) is 38.9 Å². The van der Waals surface area contributed by atoms with E-state index < -0.39 is 0 Å². The van der Waals surface area contributed by atoms with E-state index in [0.29, 0.717) is 0 Å². The summed E-state index contributed by atoms with van der Waals surface area (Å²) in [4.78, 5) is 0. The Kier molecular flexibility index (Phi) is 9.03. The van der Waals surface area contributed by atoms with Crippen LogP contribution in [0.25, 0.3) is 0 Å². The minimum absolute atomic E-state index is 0.185. The molecule has 0 unspecified atom stereocenters. The molecule has 0 radical (unpaired) electrons. The summed E-state index contributed by atoms with van der Waals surface area (Å²) in [5.74, 6) is 0. The van der Waals surface area contributed by atoms with Crippen molar-refractivity contribution in [2.24, 2.45) is 0 Å². The Morgan fingerprint density at radius 1 is 1.00 bits per heavy atom. The number of hydrogen-bond donors (Lipinski definition) is 0. The van der Waals surface area contributed by atoms with Crippen molar-refractivity contribution in [2.45, 2.75) is 45.8 Å². The molecule has 0 N–H and O–H groups in total. The van der Waals surface area contributed by atoms with Crippen LogP contribution < -0.4 is 0 Å². The summed E-state index contributed by atoms with van der Waals surface area (Å²) >= 11 is 0. The lowest BCUT2D eigenvalue weighted by atomic mass is 10.1. The van der Waals surface area contributed by atoms with Gasteiger partial charge in [-0.15, -0.1) is 0 Å². The van der Waals surface area contributed by atoms with Crippen molar-refractivity contribution in [3.8, 4) is 0 Å². The molecule has 0 atom stereocenters. The van der Waals surface area contributed by atoms with Gasteiger partial charge in [0.25, 0.3) is 0 Å². The van der Waals surface area contributed by atoms with Crippen molar-refractivity contribution in [1.82, 2.24) is 0 Å². The quantitative estimate of drug-likeness (QED) is 0.461. The second-order valence-corrected chi connectivity index (χ2v) is 4.56. The first-order valence-corrected chi connectivity index (χ1v) is 7.30. The smallest absolute Gasteiger partial charge is 0.176 e. The molecule has 0 fully saturated rings. The molecular weight excluding hydrogens is 236 g/mol. The van der Waals surface area contributed by atoms with Crippen molar-refractivity contribution in [2.75, 3.05) is 13.2 Å². The van der Waals surface area contributed by atoms with Crippen LogP contribution in [0.4, 0.5) is 0 Å². The Morgan fingerprint density at radius 2 is 1.63 bits per heavy atom. The Morgan fingerprint density at radius 3 is 2.21 bits per heavy atom. The van der Waals surface area contributed by atoms with Gasteiger partial charge < -0.3 is 9.47 Å². The molecule has 0 saturated heterocycles. The molecule has 2 nitrogen and oxygen atoms in total. The summed E-state index contributed by atoms with van der Waals surface area (Å²) in [7, 11) is 0. The van der Waals surface area contributed by atoms with Crippen LogP contribution in [0.5, 0.6) is 0 Å². The third-order valence-corrected chi connectivity index (χ3v) is 2.71. The topological polar surface area (TPSA) is 18.5 Å². The second-order valence-electron chi connectivity index (χ2n) is 4.56. The predicted molar refractivity (Wildman–Crippen MR) is 80.2 cm³/mol. The zero-order valence-corrected chi connectivity index (χ0v) is 12.2. The Bertz CT molecular complexity index is 324. The molecule has 0 heterocycles. The zero-order chi connectivity index (χ0) is 13.8. The maximum absolute atomic E-state index is 5.64. The monoisotopic (exact) mass is 262 g/mol. The second kappa shape index (κ2) is 10.8. The molecule has 0 bridgehead atoms. The fourth-order valence-corrected chi connectivity index (χ4v) is 1.73. The van der Waals surface area contributed by atoms with Crippen molar-refractivity contribution in [3.05, 3.63) is 48.0 Å². The van der Waals surface area contributed by atoms with Crippen molar-refractivity contribution in [1.29, 1.82) is 0 Å². The molecule has 2 heteroatoms. The Hall–Kier alpha value is -1.12. The van der Waals surface area contributed by atoms with Crippen LogP contribution in [0, 0.1) is 0 Å². The van der Waals surface area contributed by atoms with Gasteiger partial charge in [-0.1, -0.05) is 50.3 Å². The highest BCUT2D eigenvalue weighted by molar-refractivity contribution is 5.15. The molecule has 1 aromatic carbocycles. The molecule has 0 spiro atoms. The number of rotatable bonds is 10. The summed E-state index contributed by atoms with van der Waals surface area (Å²) in [5, 5.41) is 0. The first kappa shape index (κ1) is 15.9. The number of benzene rings is 1. The maximum atomic E-state index is 5.64. The lowest BCUT2D eigenvalue weighted by Crippen LogP contribution is -2.15. The molecule has 19 heavy (non-hydrogen) atoms. The third kappa shape index (κ3) is 7.81. The number of hydrogen-bond acceptors (Lipinski definition) is 2. The highest BCUT2D eigenvalue weighted by Crippen LogP contribution is 2.05. The predicted octanol–water partition coefficient (Wildman–Crippen LogP) is 4.35. The van der Waals surface area contributed by atoms with Gasteiger partial charge in [-0.25, -0.2) is 0 Å².